The maximum atomic E-state index is 12.3. The van der Waals surface area contributed by atoms with Gasteiger partial charge in [-0.1, -0.05) is 12.1 Å². The number of likely N-dealkylation sites (N-methyl/N-ethyl adjacent to an activating group) is 1. The third-order valence-corrected chi connectivity index (χ3v) is 8.23. The van der Waals surface area contributed by atoms with Gasteiger partial charge in [-0.2, -0.15) is 0 Å². The first-order valence-electron chi connectivity index (χ1n) is 8.28. The predicted molar refractivity (Wildman–Crippen MR) is 107 cm³/mol. The zero-order valence-corrected chi connectivity index (χ0v) is 17.7. The van der Waals surface area contributed by atoms with Crippen molar-refractivity contribution < 1.29 is 13.2 Å². The summed E-state index contributed by atoms with van der Waals surface area (Å²) in [4.78, 5) is 15.4. The van der Waals surface area contributed by atoms with Gasteiger partial charge in [0.15, 0.2) is 0 Å². The molecule has 26 heavy (non-hydrogen) atoms. The molecule has 2 heterocycles. The number of carbonyl (C=O) groups is 1. The lowest BCUT2D eigenvalue weighted by Gasteiger charge is -2.23. The number of hydrogen-bond donors (Lipinski definition) is 1. The molecule has 6 nitrogen and oxygen atoms in total. The van der Waals surface area contributed by atoms with Crippen LogP contribution in [0.5, 0.6) is 0 Å². The van der Waals surface area contributed by atoms with E-state index < -0.39 is 10.0 Å². The third-order valence-electron chi connectivity index (χ3n) is 4.02. The molecule has 1 atom stereocenters. The number of nitrogens with zero attached hydrogens (tertiary/aromatic N) is 2. The van der Waals surface area contributed by atoms with Gasteiger partial charge < -0.3 is 10.2 Å². The fourth-order valence-electron chi connectivity index (χ4n) is 2.46. The van der Waals surface area contributed by atoms with Crippen LogP contribution in [0.25, 0.3) is 0 Å². The average molecular weight is 416 g/mol. The summed E-state index contributed by atoms with van der Waals surface area (Å²) in [6.45, 7) is 0.853. The van der Waals surface area contributed by atoms with Crippen molar-refractivity contribution in [3.63, 3.8) is 0 Å². The molecule has 1 N–H and O–H groups in total. The highest BCUT2D eigenvalue weighted by atomic mass is 32.2. The van der Waals surface area contributed by atoms with Crippen LogP contribution in [0.3, 0.4) is 0 Å². The van der Waals surface area contributed by atoms with Crippen molar-refractivity contribution in [1.82, 2.24) is 14.5 Å². The number of hydrogen-bond acceptors (Lipinski definition) is 6. The molecule has 144 valence electrons. The molecule has 0 saturated heterocycles. The quantitative estimate of drug-likeness (QED) is 0.648. The van der Waals surface area contributed by atoms with Crippen LogP contribution in [0.1, 0.15) is 23.8 Å². The Labute approximate surface area is 163 Å². The van der Waals surface area contributed by atoms with E-state index in [2.05, 4.69) is 16.3 Å². The molecule has 0 bridgehead atoms. The Morgan fingerprint density at radius 3 is 2.42 bits per heavy atom. The minimum atomic E-state index is -3.45. The van der Waals surface area contributed by atoms with Crippen molar-refractivity contribution >= 4 is 38.6 Å². The second-order valence-electron chi connectivity index (χ2n) is 6.16. The lowest BCUT2D eigenvalue weighted by molar-refractivity contribution is -0.121. The molecule has 0 saturated carbocycles. The Morgan fingerprint density at radius 1 is 1.15 bits per heavy atom. The average Bonchev–Trinajstić information content (AvgIpc) is 3.28. The Balaban J connectivity index is 1.76. The van der Waals surface area contributed by atoms with Crippen molar-refractivity contribution in [3.05, 3.63) is 39.9 Å². The van der Waals surface area contributed by atoms with E-state index >= 15 is 0 Å². The summed E-state index contributed by atoms with van der Waals surface area (Å²) in [7, 11) is 2.08. The summed E-state index contributed by atoms with van der Waals surface area (Å²) in [5.41, 5.74) is 0. The van der Waals surface area contributed by atoms with Gasteiger partial charge in [0.25, 0.3) is 10.0 Å². The number of amides is 1. The molecule has 2 aromatic rings. The molecular formula is C17H25N3O3S3. The zero-order chi connectivity index (χ0) is 19.2. The second kappa shape index (κ2) is 9.61. The van der Waals surface area contributed by atoms with Crippen LogP contribution in [0, 0.1) is 0 Å². The van der Waals surface area contributed by atoms with Gasteiger partial charge in [-0.25, -0.2) is 12.7 Å². The Hall–Kier alpha value is -1.26. The molecule has 1 unspecified atom stereocenters. The maximum Gasteiger partial charge on any atom is 0.252 e. The van der Waals surface area contributed by atoms with E-state index in [0.717, 1.165) is 0 Å². The lowest BCUT2D eigenvalue weighted by atomic mass is 10.2. The van der Waals surface area contributed by atoms with E-state index in [4.69, 9.17) is 0 Å². The highest BCUT2D eigenvalue weighted by Crippen LogP contribution is 2.22. The molecule has 0 aliphatic heterocycles. The topological polar surface area (TPSA) is 69.7 Å². The van der Waals surface area contributed by atoms with Crippen LogP contribution < -0.4 is 5.32 Å². The number of carbonyl (C=O) groups excluding carboxylic acids is 1. The number of thiophene rings is 2. The minimum absolute atomic E-state index is 0.0599. The summed E-state index contributed by atoms with van der Waals surface area (Å²) < 4.78 is 26.3. The van der Waals surface area contributed by atoms with Crippen LogP contribution in [0.15, 0.2) is 39.2 Å². The van der Waals surface area contributed by atoms with Crippen molar-refractivity contribution in [2.24, 2.45) is 0 Å². The van der Waals surface area contributed by atoms with E-state index in [-0.39, 0.29) is 11.9 Å². The fraction of sp³-hybridized carbons (Fsp3) is 0.471. The highest BCUT2D eigenvalue weighted by Gasteiger charge is 2.21. The van der Waals surface area contributed by atoms with Gasteiger partial charge in [0, 0.05) is 31.4 Å². The van der Waals surface area contributed by atoms with E-state index in [1.807, 2.05) is 25.5 Å². The number of rotatable bonds is 10. The fourth-order valence-corrected chi connectivity index (χ4v) is 5.80. The molecular weight excluding hydrogens is 390 g/mol. The molecule has 0 aliphatic carbocycles. The molecule has 0 fully saturated rings. The van der Waals surface area contributed by atoms with Gasteiger partial charge >= 0.3 is 0 Å². The highest BCUT2D eigenvalue weighted by molar-refractivity contribution is 7.91. The molecule has 2 rings (SSSR count). The largest absolute Gasteiger partial charge is 0.354 e. The van der Waals surface area contributed by atoms with Crippen molar-refractivity contribution in [1.29, 1.82) is 0 Å². The molecule has 0 spiro atoms. The van der Waals surface area contributed by atoms with Gasteiger partial charge in [0.05, 0.1) is 6.04 Å². The summed E-state index contributed by atoms with van der Waals surface area (Å²) in [6, 6.07) is 7.51. The Kier molecular flexibility index (Phi) is 7.78. The summed E-state index contributed by atoms with van der Waals surface area (Å²) >= 11 is 2.87. The predicted octanol–water partition coefficient (Wildman–Crippen LogP) is 2.63. The third kappa shape index (κ3) is 5.62. The van der Waals surface area contributed by atoms with Gasteiger partial charge in [-0.15, -0.1) is 22.7 Å². The second-order valence-corrected chi connectivity index (χ2v) is 10.4. The summed E-state index contributed by atoms with van der Waals surface area (Å²) in [5.74, 6) is -0.0599. The van der Waals surface area contributed by atoms with Crippen LogP contribution in [0.4, 0.5) is 0 Å². The van der Waals surface area contributed by atoms with E-state index in [1.165, 1.54) is 20.5 Å². The molecule has 9 heteroatoms. The van der Waals surface area contributed by atoms with Crippen LogP contribution in [0.2, 0.25) is 0 Å². The smallest absolute Gasteiger partial charge is 0.252 e. The van der Waals surface area contributed by atoms with Gasteiger partial charge in [-0.05, 0) is 43.4 Å². The first-order valence-corrected chi connectivity index (χ1v) is 11.5. The van der Waals surface area contributed by atoms with Gasteiger partial charge in [0.1, 0.15) is 4.21 Å². The van der Waals surface area contributed by atoms with Crippen LogP contribution in [-0.2, 0) is 14.8 Å². The van der Waals surface area contributed by atoms with Crippen molar-refractivity contribution in [3.8, 4) is 0 Å². The monoisotopic (exact) mass is 415 g/mol. The standard InChI is InChI=1S/C17H25N3O3S3/c1-19(2)14(15-7-5-11-24-15)13-18-16(21)8-4-10-20(3)26(22,23)17-9-6-12-25-17/h5-7,9,11-12,14H,4,8,10,13H2,1-3H3,(H,18,21). The van der Waals surface area contributed by atoms with Gasteiger partial charge in [0.2, 0.25) is 5.91 Å². The lowest BCUT2D eigenvalue weighted by Crippen LogP contribution is -2.34. The Morgan fingerprint density at radius 2 is 1.85 bits per heavy atom. The Bertz CT molecular complexity index is 772. The summed E-state index contributed by atoms with van der Waals surface area (Å²) in [5, 5.41) is 6.72. The first kappa shape index (κ1) is 21.0. The normalized spacial score (nSPS) is 13.3. The minimum Gasteiger partial charge on any atom is -0.354 e. The van der Waals surface area contributed by atoms with Crippen LogP contribution >= 0.6 is 22.7 Å². The van der Waals surface area contributed by atoms with E-state index in [9.17, 15) is 13.2 Å². The molecule has 0 aliphatic rings. The SMILES string of the molecule is CN(C)C(CNC(=O)CCCN(C)S(=O)(=O)c1cccs1)c1cccs1. The van der Waals surface area contributed by atoms with Crippen molar-refractivity contribution in [2.75, 3.05) is 34.2 Å². The molecule has 0 aromatic carbocycles. The first-order chi connectivity index (χ1) is 12.3. The van der Waals surface area contributed by atoms with E-state index in [1.54, 1.807) is 35.9 Å². The van der Waals surface area contributed by atoms with Crippen LogP contribution in [-0.4, -0.2) is 57.8 Å². The number of sulfonamides is 1. The van der Waals surface area contributed by atoms with Gasteiger partial charge in [-0.3, -0.25) is 4.79 Å². The molecule has 0 radical (unpaired) electrons. The summed E-state index contributed by atoms with van der Waals surface area (Å²) in [6.07, 6.45) is 0.785. The zero-order valence-electron chi connectivity index (χ0n) is 15.2. The van der Waals surface area contributed by atoms with E-state index in [0.29, 0.717) is 30.1 Å². The molecule has 1 amide bonds. The maximum absolute atomic E-state index is 12.3. The molecule has 2 aromatic heterocycles. The van der Waals surface area contributed by atoms with Crippen molar-refractivity contribution in [2.45, 2.75) is 23.1 Å². The number of nitrogens with one attached hydrogen (secondary N) is 1.